The largest absolute Gasteiger partial charge is 0.480 e. The molecule has 0 heterocycles. The van der Waals surface area contributed by atoms with Gasteiger partial charge in [-0.2, -0.15) is 13.2 Å². The summed E-state index contributed by atoms with van der Waals surface area (Å²) in [5, 5.41) is 9.23. The number of hydrogen-bond donors (Lipinski definition) is 1. The molecule has 0 aliphatic carbocycles. The van der Waals surface area contributed by atoms with E-state index in [-0.39, 0.29) is 5.56 Å². The second kappa shape index (κ2) is 4.30. The standard InChI is InChI=1S/C13H15F3O2/c1-11(2,3)12(10(17)18,13(14,15)16)9-7-5-4-6-8-9/h4-8H,1-3H3,(H,17,18). The van der Waals surface area contributed by atoms with Crippen LogP contribution in [0.4, 0.5) is 13.2 Å². The van der Waals surface area contributed by atoms with Crippen LogP contribution in [0.2, 0.25) is 0 Å². The molecule has 2 nitrogen and oxygen atoms in total. The van der Waals surface area contributed by atoms with E-state index in [0.717, 1.165) is 0 Å². The molecule has 1 atom stereocenters. The topological polar surface area (TPSA) is 37.3 Å². The number of carboxylic acid groups (broad SMARTS) is 1. The lowest BCUT2D eigenvalue weighted by Crippen LogP contribution is -2.57. The van der Waals surface area contributed by atoms with E-state index in [2.05, 4.69) is 0 Å². The fourth-order valence-electron chi connectivity index (χ4n) is 2.28. The van der Waals surface area contributed by atoms with Gasteiger partial charge in [-0.1, -0.05) is 51.1 Å². The molecule has 0 aromatic heterocycles. The van der Waals surface area contributed by atoms with Crippen molar-refractivity contribution in [3.63, 3.8) is 0 Å². The summed E-state index contributed by atoms with van der Waals surface area (Å²) in [6.45, 7) is 3.84. The fraction of sp³-hybridized carbons (Fsp3) is 0.462. The minimum atomic E-state index is -4.88. The van der Waals surface area contributed by atoms with E-state index in [0.29, 0.717) is 0 Å². The van der Waals surface area contributed by atoms with Gasteiger partial charge in [0.2, 0.25) is 0 Å². The molecule has 1 N–H and O–H groups in total. The van der Waals surface area contributed by atoms with Gasteiger partial charge in [-0.25, -0.2) is 0 Å². The molecule has 18 heavy (non-hydrogen) atoms. The zero-order valence-electron chi connectivity index (χ0n) is 10.4. The van der Waals surface area contributed by atoms with Crippen LogP contribution in [-0.4, -0.2) is 17.3 Å². The second-order valence-electron chi connectivity index (χ2n) is 5.17. The summed E-state index contributed by atoms with van der Waals surface area (Å²) < 4.78 is 40.3. The number of aliphatic carboxylic acids is 1. The van der Waals surface area contributed by atoms with E-state index in [9.17, 15) is 23.1 Å². The van der Waals surface area contributed by atoms with Crippen LogP contribution in [0.3, 0.4) is 0 Å². The molecule has 0 aliphatic rings. The molecular weight excluding hydrogens is 245 g/mol. The van der Waals surface area contributed by atoms with Crippen LogP contribution in [0.25, 0.3) is 0 Å². The average molecular weight is 260 g/mol. The molecule has 0 radical (unpaired) electrons. The van der Waals surface area contributed by atoms with Crippen molar-refractivity contribution >= 4 is 5.97 Å². The fourth-order valence-corrected chi connectivity index (χ4v) is 2.28. The number of halogens is 3. The van der Waals surface area contributed by atoms with Crippen LogP contribution in [0, 0.1) is 5.41 Å². The number of carboxylic acids is 1. The van der Waals surface area contributed by atoms with E-state index < -0.39 is 23.0 Å². The van der Waals surface area contributed by atoms with Crippen LogP contribution in [0.1, 0.15) is 26.3 Å². The number of hydrogen-bond acceptors (Lipinski definition) is 1. The lowest BCUT2D eigenvalue weighted by molar-refractivity contribution is -0.227. The van der Waals surface area contributed by atoms with Crippen LogP contribution in [0.5, 0.6) is 0 Å². The Morgan fingerprint density at radius 3 is 1.78 bits per heavy atom. The van der Waals surface area contributed by atoms with Gasteiger partial charge >= 0.3 is 12.1 Å². The third kappa shape index (κ3) is 1.98. The van der Waals surface area contributed by atoms with Gasteiger partial charge < -0.3 is 5.11 Å². The minimum Gasteiger partial charge on any atom is -0.480 e. The second-order valence-corrected chi connectivity index (χ2v) is 5.17. The maximum absolute atomic E-state index is 13.4. The molecule has 5 heteroatoms. The third-order valence-corrected chi connectivity index (χ3v) is 3.08. The Kier molecular flexibility index (Phi) is 3.47. The lowest BCUT2D eigenvalue weighted by Gasteiger charge is -2.42. The molecule has 1 aromatic rings. The molecule has 0 fully saturated rings. The normalized spacial score (nSPS) is 16.1. The van der Waals surface area contributed by atoms with E-state index >= 15 is 0 Å². The first-order valence-electron chi connectivity index (χ1n) is 5.41. The van der Waals surface area contributed by atoms with Crippen molar-refractivity contribution in [1.29, 1.82) is 0 Å². The predicted molar refractivity (Wildman–Crippen MR) is 61.3 cm³/mol. The molecule has 0 saturated heterocycles. The highest BCUT2D eigenvalue weighted by molar-refractivity contribution is 5.83. The number of carbonyl (C=O) groups is 1. The maximum atomic E-state index is 13.4. The molecule has 0 saturated carbocycles. The summed E-state index contributed by atoms with van der Waals surface area (Å²) in [4.78, 5) is 11.4. The Morgan fingerprint density at radius 1 is 1.06 bits per heavy atom. The molecule has 100 valence electrons. The van der Waals surface area contributed by atoms with Crippen molar-refractivity contribution in [3.8, 4) is 0 Å². The molecule has 0 amide bonds. The third-order valence-electron chi connectivity index (χ3n) is 3.08. The molecular formula is C13H15F3O2. The maximum Gasteiger partial charge on any atom is 0.409 e. The first-order chi connectivity index (χ1) is 8.05. The minimum absolute atomic E-state index is 0.252. The van der Waals surface area contributed by atoms with Crippen molar-refractivity contribution in [2.24, 2.45) is 5.41 Å². The van der Waals surface area contributed by atoms with Gasteiger partial charge in [0.25, 0.3) is 0 Å². The Labute approximate surface area is 103 Å². The summed E-state index contributed by atoms with van der Waals surface area (Å²) in [7, 11) is 0. The highest BCUT2D eigenvalue weighted by Crippen LogP contribution is 2.52. The number of benzene rings is 1. The van der Waals surface area contributed by atoms with Crippen molar-refractivity contribution in [3.05, 3.63) is 35.9 Å². The van der Waals surface area contributed by atoms with Gasteiger partial charge in [0.1, 0.15) is 0 Å². The highest BCUT2D eigenvalue weighted by atomic mass is 19.4. The lowest BCUT2D eigenvalue weighted by atomic mass is 9.62. The summed E-state index contributed by atoms with van der Waals surface area (Å²) in [6.07, 6.45) is -4.88. The molecule has 1 unspecified atom stereocenters. The van der Waals surface area contributed by atoms with Crippen LogP contribution in [-0.2, 0) is 10.2 Å². The van der Waals surface area contributed by atoms with Gasteiger partial charge in [0.05, 0.1) is 0 Å². The summed E-state index contributed by atoms with van der Waals surface area (Å²) >= 11 is 0. The first kappa shape index (κ1) is 14.5. The number of alkyl halides is 3. The van der Waals surface area contributed by atoms with Gasteiger partial charge in [-0.05, 0) is 11.0 Å². The van der Waals surface area contributed by atoms with Crippen LogP contribution < -0.4 is 0 Å². The SMILES string of the molecule is CC(C)(C)C(C(=O)O)(c1ccccc1)C(F)(F)F. The van der Waals surface area contributed by atoms with Gasteiger partial charge in [-0.3, -0.25) is 4.79 Å². The van der Waals surface area contributed by atoms with Crippen molar-refractivity contribution in [2.45, 2.75) is 32.4 Å². The van der Waals surface area contributed by atoms with Crippen LogP contribution in [0.15, 0.2) is 30.3 Å². The Balaban J connectivity index is 3.67. The molecule has 0 bridgehead atoms. The Hall–Kier alpha value is -1.52. The van der Waals surface area contributed by atoms with Crippen molar-refractivity contribution in [2.75, 3.05) is 0 Å². The van der Waals surface area contributed by atoms with E-state index in [1.165, 1.54) is 45.0 Å². The van der Waals surface area contributed by atoms with E-state index in [1.54, 1.807) is 6.07 Å². The smallest absolute Gasteiger partial charge is 0.409 e. The zero-order chi connectivity index (χ0) is 14.2. The van der Waals surface area contributed by atoms with Crippen molar-refractivity contribution in [1.82, 2.24) is 0 Å². The van der Waals surface area contributed by atoms with Gasteiger partial charge in [-0.15, -0.1) is 0 Å². The predicted octanol–water partition coefficient (Wildman–Crippen LogP) is 3.62. The quantitative estimate of drug-likeness (QED) is 0.881. The Morgan fingerprint density at radius 2 is 1.50 bits per heavy atom. The van der Waals surface area contributed by atoms with Gasteiger partial charge in [0.15, 0.2) is 5.41 Å². The van der Waals surface area contributed by atoms with Crippen molar-refractivity contribution < 1.29 is 23.1 Å². The van der Waals surface area contributed by atoms with E-state index in [1.807, 2.05) is 0 Å². The summed E-state index contributed by atoms with van der Waals surface area (Å²) in [5.74, 6) is -1.88. The Bertz CT molecular complexity index is 416. The summed E-state index contributed by atoms with van der Waals surface area (Å²) in [6, 6.07) is 6.77. The average Bonchev–Trinajstić information content (AvgIpc) is 2.14. The zero-order valence-corrected chi connectivity index (χ0v) is 10.4. The highest BCUT2D eigenvalue weighted by Gasteiger charge is 2.67. The molecule has 1 rings (SSSR count). The molecule has 0 spiro atoms. The number of rotatable bonds is 2. The summed E-state index contributed by atoms with van der Waals surface area (Å²) in [5.41, 5.74) is -4.67. The van der Waals surface area contributed by atoms with E-state index in [4.69, 9.17) is 0 Å². The van der Waals surface area contributed by atoms with Gasteiger partial charge in [0, 0.05) is 0 Å². The molecule has 0 aliphatic heterocycles. The monoisotopic (exact) mass is 260 g/mol. The van der Waals surface area contributed by atoms with Crippen LogP contribution >= 0.6 is 0 Å². The first-order valence-corrected chi connectivity index (χ1v) is 5.41. The molecule has 1 aromatic carbocycles.